The highest BCUT2D eigenvalue weighted by atomic mass is 16.5. The van der Waals surface area contributed by atoms with Gasteiger partial charge < -0.3 is 10.1 Å². The van der Waals surface area contributed by atoms with Crippen molar-refractivity contribution in [3.8, 4) is 0 Å². The third-order valence-corrected chi connectivity index (χ3v) is 5.77. The third kappa shape index (κ3) is 6.73. The number of carbonyl (C=O) groups is 1. The van der Waals surface area contributed by atoms with Crippen LogP contribution in [0.1, 0.15) is 32.6 Å². The molecule has 1 amide bonds. The number of rotatable bonds is 6. The van der Waals surface area contributed by atoms with Crippen LogP contribution in [-0.2, 0) is 17.8 Å². The van der Waals surface area contributed by atoms with Crippen LogP contribution >= 0.6 is 0 Å². The topological polar surface area (TPSA) is 78.8 Å². The van der Waals surface area contributed by atoms with Gasteiger partial charge in [-0.25, -0.2) is 4.99 Å². The van der Waals surface area contributed by atoms with E-state index in [0.29, 0.717) is 18.1 Å². The lowest BCUT2D eigenvalue weighted by molar-refractivity contribution is 0.0342. The Kier molecular flexibility index (Phi) is 8.01. The molecule has 1 saturated heterocycles. The molecule has 0 unspecified atom stereocenters. The van der Waals surface area contributed by atoms with Gasteiger partial charge in [-0.15, -0.1) is 0 Å². The summed E-state index contributed by atoms with van der Waals surface area (Å²) < 4.78 is 5.41. The second-order valence-electron chi connectivity index (χ2n) is 8.50. The minimum atomic E-state index is -0.204. The summed E-state index contributed by atoms with van der Waals surface area (Å²) in [7, 11) is 0. The van der Waals surface area contributed by atoms with E-state index in [1.807, 2.05) is 62.4 Å². The van der Waals surface area contributed by atoms with E-state index in [9.17, 15) is 4.79 Å². The van der Waals surface area contributed by atoms with Gasteiger partial charge in [-0.1, -0.05) is 24.3 Å². The molecule has 0 saturated carbocycles. The van der Waals surface area contributed by atoms with Crippen LogP contribution in [0.3, 0.4) is 0 Å². The smallest absolute Gasteiger partial charge is 0.257 e. The first-order valence-electron chi connectivity index (χ1n) is 11.5. The van der Waals surface area contributed by atoms with Gasteiger partial charge in [0.05, 0.1) is 19.8 Å². The Bertz CT molecular complexity index is 1120. The molecule has 0 atom stereocenters. The van der Waals surface area contributed by atoms with Gasteiger partial charge in [0.25, 0.3) is 5.91 Å². The molecule has 1 aromatic heterocycles. The zero-order valence-electron chi connectivity index (χ0n) is 19.8. The second-order valence-corrected chi connectivity index (χ2v) is 8.50. The van der Waals surface area contributed by atoms with E-state index < -0.39 is 0 Å². The number of hydrogen-bond donors (Lipinski definition) is 2. The fourth-order valence-electron chi connectivity index (χ4n) is 3.73. The van der Waals surface area contributed by atoms with E-state index in [1.165, 1.54) is 5.56 Å². The number of pyridine rings is 1. The maximum absolute atomic E-state index is 13.0. The predicted octanol–water partition coefficient (Wildman–Crippen LogP) is 3.93. The van der Waals surface area contributed by atoms with Crippen molar-refractivity contribution in [1.29, 1.82) is 0 Å². The quantitative estimate of drug-likeness (QED) is 0.433. The molecule has 0 spiro atoms. The third-order valence-electron chi connectivity index (χ3n) is 5.77. The van der Waals surface area contributed by atoms with E-state index in [2.05, 4.69) is 31.6 Å². The number of nitrogens with zero attached hydrogens (tertiary/aromatic N) is 3. The SMILES string of the molecule is Cc1ccc(C)c(NC(=NCc2ccncc2)NC(=O)c2ccc(CN3CCOCC3)cc2)c1. The van der Waals surface area contributed by atoms with Gasteiger partial charge >= 0.3 is 0 Å². The average Bonchev–Trinajstić information content (AvgIpc) is 2.86. The van der Waals surface area contributed by atoms with Crippen LogP contribution < -0.4 is 10.6 Å². The average molecular weight is 458 g/mol. The number of benzene rings is 2. The first kappa shape index (κ1) is 23.6. The summed E-state index contributed by atoms with van der Waals surface area (Å²) in [4.78, 5) is 24.1. The van der Waals surface area contributed by atoms with Crippen LogP contribution in [0.25, 0.3) is 0 Å². The normalized spacial score (nSPS) is 14.6. The van der Waals surface area contributed by atoms with Gasteiger partial charge in [0.1, 0.15) is 0 Å². The Morgan fingerprint density at radius 2 is 1.74 bits per heavy atom. The minimum absolute atomic E-state index is 0.204. The summed E-state index contributed by atoms with van der Waals surface area (Å²) in [5.41, 5.74) is 5.89. The number of morpholine rings is 1. The van der Waals surface area contributed by atoms with Crippen molar-refractivity contribution < 1.29 is 9.53 Å². The van der Waals surface area contributed by atoms with Gasteiger partial charge in [-0.2, -0.15) is 0 Å². The largest absolute Gasteiger partial charge is 0.379 e. The Labute approximate surface area is 200 Å². The molecule has 7 heteroatoms. The van der Waals surface area contributed by atoms with Crippen LogP contribution in [0.5, 0.6) is 0 Å². The predicted molar refractivity (Wildman–Crippen MR) is 135 cm³/mol. The molecule has 0 radical (unpaired) electrons. The number of amides is 1. The maximum atomic E-state index is 13.0. The number of aryl methyl sites for hydroxylation is 2. The summed E-state index contributed by atoms with van der Waals surface area (Å²) in [6.45, 7) is 8.76. The number of aliphatic imine (C=N–C) groups is 1. The van der Waals surface area contributed by atoms with E-state index in [0.717, 1.165) is 55.2 Å². The maximum Gasteiger partial charge on any atom is 0.257 e. The number of carbonyl (C=O) groups excluding carboxylic acids is 1. The molecular formula is C27H31N5O2. The van der Waals surface area contributed by atoms with Crippen LogP contribution in [0.2, 0.25) is 0 Å². The van der Waals surface area contributed by atoms with Crippen LogP contribution in [-0.4, -0.2) is 48.1 Å². The molecule has 176 valence electrons. The van der Waals surface area contributed by atoms with Crippen molar-refractivity contribution in [3.63, 3.8) is 0 Å². The van der Waals surface area contributed by atoms with Crippen LogP contribution in [0.4, 0.5) is 5.69 Å². The molecule has 1 aliphatic heterocycles. The molecule has 1 fully saturated rings. The van der Waals surface area contributed by atoms with Gasteiger partial charge in [-0.3, -0.25) is 20.0 Å². The zero-order chi connectivity index (χ0) is 23.8. The van der Waals surface area contributed by atoms with Crippen LogP contribution in [0.15, 0.2) is 72.0 Å². The van der Waals surface area contributed by atoms with Crippen molar-refractivity contribution in [1.82, 2.24) is 15.2 Å². The lowest BCUT2D eigenvalue weighted by Gasteiger charge is -2.26. The van der Waals surface area contributed by atoms with Gasteiger partial charge in [0.2, 0.25) is 5.96 Å². The van der Waals surface area contributed by atoms with E-state index in [4.69, 9.17) is 4.74 Å². The van der Waals surface area contributed by atoms with Crippen LogP contribution in [0, 0.1) is 13.8 Å². The van der Waals surface area contributed by atoms with Crippen molar-refractivity contribution in [2.24, 2.45) is 4.99 Å². The Morgan fingerprint density at radius 3 is 2.47 bits per heavy atom. The first-order valence-corrected chi connectivity index (χ1v) is 11.5. The standard InChI is InChI=1S/C27H31N5O2/c1-20-3-4-21(2)25(17-20)30-27(29-18-22-9-11-28-12-10-22)31-26(33)24-7-5-23(6-8-24)19-32-13-15-34-16-14-32/h3-12,17H,13-16,18-19H2,1-2H3,(H2,29,30,31,33). The lowest BCUT2D eigenvalue weighted by atomic mass is 10.1. The highest BCUT2D eigenvalue weighted by Crippen LogP contribution is 2.16. The van der Waals surface area contributed by atoms with Crippen molar-refractivity contribution >= 4 is 17.6 Å². The highest BCUT2D eigenvalue weighted by Gasteiger charge is 2.13. The summed E-state index contributed by atoms with van der Waals surface area (Å²) in [5, 5.41) is 6.27. The summed E-state index contributed by atoms with van der Waals surface area (Å²) in [6.07, 6.45) is 3.47. The first-order chi connectivity index (χ1) is 16.6. The molecular weight excluding hydrogens is 426 g/mol. The summed E-state index contributed by atoms with van der Waals surface area (Å²) in [6, 6.07) is 17.7. The molecule has 34 heavy (non-hydrogen) atoms. The molecule has 2 heterocycles. The highest BCUT2D eigenvalue weighted by molar-refractivity contribution is 6.10. The van der Waals surface area contributed by atoms with Crippen molar-refractivity contribution in [2.75, 3.05) is 31.6 Å². The molecule has 7 nitrogen and oxygen atoms in total. The molecule has 2 N–H and O–H groups in total. The number of anilines is 1. The Morgan fingerprint density at radius 1 is 1.00 bits per heavy atom. The van der Waals surface area contributed by atoms with Gasteiger partial charge in [0, 0.05) is 43.3 Å². The fourth-order valence-corrected chi connectivity index (χ4v) is 3.73. The van der Waals surface area contributed by atoms with E-state index in [-0.39, 0.29) is 5.91 Å². The molecule has 0 bridgehead atoms. The minimum Gasteiger partial charge on any atom is -0.379 e. The molecule has 0 aliphatic carbocycles. The lowest BCUT2D eigenvalue weighted by Crippen LogP contribution is -2.36. The van der Waals surface area contributed by atoms with E-state index >= 15 is 0 Å². The molecule has 2 aromatic carbocycles. The number of hydrogen-bond acceptors (Lipinski definition) is 5. The second kappa shape index (κ2) is 11.5. The Hall–Kier alpha value is -3.55. The van der Waals surface area contributed by atoms with Gasteiger partial charge in [0.15, 0.2) is 0 Å². The van der Waals surface area contributed by atoms with E-state index in [1.54, 1.807) is 12.4 Å². The van der Waals surface area contributed by atoms with Gasteiger partial charge in [-0.05, 0) is 66.4 Å². The van der Waals surface area contributed by atoms with Crippen molar-refractivity contribution in [2.45, 2.75) is 26.9 Å². The van der Waals surface area contributed by atoms with Crippen molar-refractivity contribution in [3.05, 3.63) is 94.8 Å². The monoisotopic (exact) mass is 457 g/mol. The fraction of sp³-hybridized carbons (Fsp3) is 0.296. The number of ether oxygens (including phenoxy) is 1. The number of aromatic nitrogens is 1. The summed E-state index contributed by atoms with van der Waals surface area (Å²) in [5.74, 6) is 0.206. The molecule has 1 aliphatic rings. The number of nitrogens with one attached hydrogen (secondary N) is 2. The Balaban J connectivity index is 1.47. The summed E-state index contributed by atoms with van der Waals surface area (Å²) >= 11 is 0. The molecule has 4 rings (SSSR count). The zero-order valence-corrected chi connectivity index (χ0v) is 19.8. The molecule has 3 aromatic rings. The number of guanidine groups is 1.